The normalized spacial score (nSPS) is 31.2. The van der Waals surface area contributed by atoms with Gasteiger partial charge in [0.05, 0.1) is 18.8 Å². The summed E-state index contributed by atoms with van der Waals surface area (Å²) >= 11 is 0. The molecule has 1 rings (SSSR count). The topological polar surface area (TPSA) is 43.7 Å². The van der Waals surface area contributed by atoms with Gasteiger partial charge in [0.25, 0.3) is 0 Å². The van der Waals surface area contributed by atoms with Crippen LogP contribution in [-0.4, -0.2) is 47.0 Å². The van der Waals surface area contributed by atoms with E-state index in [9.17, 15) is 5.11 Å². The average molecular weight is 173 g/mol. The van der Waals surface area contributed by atoms with E-state index in [2.05, 4.69) is 11.8 Å². The number of nitrogens with zero attached hydrogens (tertiary/aromatic N) is 1. The predicted octanol–water partition coefficient (Wildman–Crippen LogP) is 0.214. The van der Waals surface area contributed by atoms with Crippen molar-refractivity contribution in [2.45, 2.75) is 38.3 Å². The number of aliphatic hydroxyl groups excluding tert-OH is 2. The van der Waals surface area contributed by atoms with Gasteiger partial charge in [-0.15, -0.1) is 0 Å². The fraction of sp³-hybridized carbons (Fsp3) is 1.00. The highest BCUT2D eigenvalue weighted by atomic mass is 16.3. The van der Waals surface area contributed by atoms with E-state index in [1.807, 2.05) is 0 Å². The highest BCUT2D eigenvalue weighted by Gasteiger charge is 2.31. The zero-order chi connectivity index (χ0) is 8.97. The molecule has 72 valence electrons. The van der Waals surface area contributed by atoms with Crippen molar-refractivity contribution in [2.75, 3.05) is 19.7 Å². The minimum Gasteiger partial charge on any atom is -0.395 e. The molecule has 2 atom stereocenters. The first kappa shape index (κ1) is 9.96. The minimum atomic E-state index is -0.313. The molecule has 2 N–H and O–H groups in total. The Balaban J connectivity index is 2.32. The number of hydrogen-bond acceptors (Lipinski definition) is 3. The molecule has 3 nitrogen and oxygen atoms in total. The molecule has 0 saturated carbocycles. The third-order valence-electron chi connectivity index (χ3n) is 2.61. The Morgan fingerprint density at radius 2 is 2.25 bits per heavy atom. The Bertz CT molecular complexity index is 130. The monoisotopic (exact) mass is 173 g/mol. The van der Waals surface area contributed by atoms with E-state index in [1.54, 1.807) is 0 Å². The molecule has 12 heavy (non-hydrogen) atoms. The fourth-order valence-corrected chi connectivity index (χ4v) is 1.78. The van der Waals surface area contributed by atoms with Gasteiger partial charge in [0.1, 0.15) is 0 Å². The summed E-state index contributed by atoms with van der Waals surface area (Å²) in [5.41, 5.74) is 0. The summed E-state index contributed by atoms with van der Waals surface area (Å²) in [7, 11) is 0. The number of likely N-dealkylation sites (tertiary alicyclic amines) is 1. The quantitative estimate of drug-likeness (QED) is 0.639. The van der Waals surface area contributed by atoms with Gasteiger partial charge < -0.3 is 10.2 Å². The number of rotatable bonds is 4. The molecule has 3 heteroatoms. The highest BCUT2D eigenvalue weighted by Crippen LogP contribution is 2.17. The van der Waals surface area contributed by atoms with Crippen molar-refractivity contribution in [3.05, 3.63) is 0 Å². The third kappa shape index (κ3) is 2.19. The van der Waals surface area contributed by atoms with Gasteiger partial charge in [-0.1, -0.05) is 13.3 Å². The van der Waals surface area contributed by atoms with E-state index in [0.717, 1.165) is 25.9 Å². The zero-order valence-electron chi connectivity index (χ0n) is 7.74. The number of aliphatic hydroxyl groups is 2. The standard InChI is InChI=1S/C9H19NO2/c1-2-3-5-10-6-4-9(12)8(10)7-11/h8-9,11-12H,2-7H2,1H3. The van der Waals surface area contributed by atoms with Crippen LogP contribution in [0.15, 0.2) is 0 Å². The van der Waals surface area contributed by atoms with Crippen LogP contribution < -0.4 is 0 Å². The Morgan fingerprint density at radius 1 is 1.50 bits per heavy atom. The second-order valence-electron chi connectivity index (χ2n) is 3.50. The summed E-state index contributed by atoms with van der Waals surface area (Å²) in [5.74, 6) is 0. The minimum absolute atomic E-state index is 0.00319. The van der Waals surface area contributed by atoms with Crippen molar-refractivity contribution in [3.63, 3.8) is 0 Å². The smallest absolute Gasteiger partial charge is 0.0729 e. The van der Waals surface area contributed by atoms with Gasteiger partial charge in [-0.2, -0.15) is 0 Å². The van der Waals surface area contributed by atoms with Crippen LogP contribution in [0.1, 0.15) is 26.2 Å². The molecule has 0 aliphatic carbocycles. The van der Waals surface area contributed by atoms with Crippen LogP contribution >= 0.6 is 0 Å². The van der Waals surface area contributed by atoms with Crippen molar-refractivity contribution in [3.8, 4) is 0 Å². The second kappa shape index (κ2) is 4.80. The van der Waals surface area contributed by atoms with Crippen LogP contribution in [0.25, 0.3) is 0 Å². The molecule has 1 aliphatic heterocycles. The molecule has 0 spiro atoms. The lowest BCUT2D eigenvalue weighted by Crippen LogP contribution is -2.38. The van der Waals surface area contributed by atoms with E-state index in [0.29, 0.717) is 0 Å². The lowest BCUT2D eigenvalue weighted by atomic mass is 10.2. The van der Waals surface area contributed by atoms with Gasteiger partial charge in [0, 0.05) is 6.54 Å². The first-order valence-corrected chi connectivity index (χ1v) is 4.82. The molecular formula is C9H19NO2. The van der Waals surface area contributed by atoms with Crippen molar-refractivity contribution in [2.24, 2.45) is 0 Å². The molecule has 1 saturated heterocycles. The van der Waals surface area contributed by atoms with Crippen molar-refractivity contribution < 1.29 is 10.2 Å². The molecule has 0 aromatic heterocycles. The Hall–Kier alpha value is -0.120. The van der Waals surface area contributed by atoms with E-state index < -0.39 is 0 Å². The van der Waals surface area contributed by atoms with E-state index >= 15 is 0 Å². The third-order valence-corrected chi connectivity index (χ3v) is 2.61. The highest BCUT2D eigenvalue weighted by molar-refractivity contribution is 4.85. The molecule has 2 unspecified atom stereocenters. The molecule has 0 amide bonds. The number of hydrogen-bond donors (Lipinski definition) is 2. The molecule has 0 aromatic carbocycles. The number of unbranched alkanes of at least 4 members (excludes halogenated alkanes) is 1. The lowest BCUT2D eigenvalue weighted by molar-refractivity contribution is 0.0709. The second-order valence-corrected chi connectivity index (χ2v) is 3.50. The van der Waals surface area contributed by atoms with Gasteiger partial charge in [0.2, 0.25) is 0 Å². The molecule has 0 bridgehead atoms. The Labute approximate surface area is 74.0 Å². The van der Waals surface area contributed by atoms with Crippen LogP contribution in [0.2, 0.25) is 0 Å². The molecule has 1 fully saturated rings. The Morgan fingerprint density at radius 3 is 2.83 bits per heavy atom. The zero-order valence-corrected chi connectivity index (χ0v) is 7.74. The molecule has 1 aliphatic rings. The molecule has 0 aromatic rings. The van der Waals surface area contributed by atoms with Gasteiger partial charge in [-0.05, 0) is 19.4 Å². The van der Waals surface area contributed by atoms with Crippen LogP contribution in [0, 0.1) is 0 Å². The SMILES string of the molecule is CCCCN1CCC(O)C1CO. The van der Waals surface area contributed by atoms with Gasteiger partial charge >= 0.3 is 0 Å². The maximum Gasteiger partial charge on any atom is 0.0729 e. The fourth-order valence-electron chi connectivity index (χ4n) is 1.78. The molecule has 0 radical (unpaired) electrons. The first-order chi connectivity index (χ1) is 5.79. The maximum atomic E-state index is 9.46. The van der Waals surface area contributed by atoms with E-state index in [1.165, 1.54) is 6.42 Å². The summed E-state index contributed by atoms with van der Waals surface area (Å²) in [4.78, 5) is 2.19. The van der Waals surface area contributed by atoms with Crippen LogP contribution in [0.3, 0.4) is 0 Å². The molecular weight excluding hydrogens is 154 g/mol. The van der Waals surface area contributed by atoms with Crippen molar-refractivity contribution in [1.29, 1.82) is 0 Å². The summed E-state index contributed by atoms with van der Waals surface area (Å²) in [5, 5.41) is 18.5. The average Bonchev–Trinajstić information content (AvgIpc) is 2.43. The van der Waals surface area contributed by atoms with Crippen molar-refractivity contribution >= 4 is 0 Å². The predicted molar refractivity (Wildman–Crippen MR) is 48.0 cm³/mol. The largest absolute Gasteiger partial charge is 0.395 e. The van der Waals surface area contributed by atoms with E-state index in [-0.39, 0.29) is 18.8 Å². The summed E-state index contributed by atoms with van der Waals surface area (Å²) in [6, 6.07) is -0.00319. The van der Waals surface area contributed by atoms with Crippen LogP contribution in [0.4, 0.5) is 0 Å². The van der Waals surface area contributed by atoms with E-state index in [4.69, 9.17) is 5.11 Å². The van der Waals surface area contributed by atoms with Crippen LogP contribution in [0.5, 0.6) is 0 Å². The first-order valence-electron chi connectivity index (χ1n) is 4.82. The van der Waals surface area contributed by atoms with Gasteiger partial charge in [-0.25, -0.2) is 0 Å². The molecule has 1 heterocycles. The Kier molecular flexibility index (Phi) is 3.98. The lowest BCUT2D eigenvalue weighted by Gasteiger charge is -2.23. The summed E-state index contributed by atoms with van der Waals surface area (Å²) < 4.78 is 0. The van der Waals surface area contributed by atoms with Gasteiger partial charge in [0.15, 0.2) is 0 Å². The van der Waals surface area contributed by atoms with Crippen molar-refractivity contribution in [1.82, 2.24) is 4.90 Å². The summed E-state index contributed by atoms with van der Waals surface area (Å²) in [6.45, 7) is 4.19. The maximum absolute atomic E-state index is 9.46. The summed E-state index contributed by atoms with van der Waals surface area (Å²) in [6.07, 6.45) is 2.83. The van der Waals surface area contributed by atoms with Gasteiger partial charge in [-0.3, -0.25) is 4.90 Å². The van der Waals surface area contributed by atoms with Crippen LogP contribution in [-0.2, 0) is 0 Å².